The molecule has 2 aromatic carbocycles. The second-order valence-corrected chi connectivity index (χ2v) is 8.35. The van der Waals surface area contributed by atoms with Gasteiger partial charge < -0.3 is 25.6 Å². The Kier molecular flexibility index (Phi) is 9.03. The van der Waals surface area contributed by atoms with Crippen molar-refractivity contribution in [2.24, 2.45) is 0 Å². The minimum Gasteiger partial charge on any atom is -0.507 e. The van der Waals surface area contributed by atoms with E-state index in [0.29, 0.717) is 30.8 Å². The molecule has 1 aliphatic heterocycles. The molecule has 1 aliphatic rings. The van der Waals surface area contributed by atoms with Gasteiger partial charge in [-0.15, -0.1) is 12.4 Å². The van der Waals surface area contributed by atoms with Gasteiger partial charge in [0.25, 0.3) is 5.91 Å². The predicted molar refractivity (Wildman–Crippen MR) is 134 cm³/mol. The third-order valence-corrected chi connectivity index (χ3v) is 5.84. The van der Waals surface area contributed by atoms with Crippen molar-refractivity contribution in [3.05, 3.63) is 70.3 Å². The molecular weight excluding hydrogens is 514 g/mol. The minimum absolute atomic E-state index is 0. The van der Waals surface area contributed by atoms with Crippen LogP contribution < -0.4 is 10.6 Å². The Balaban J connectivity index is 0.00000361. The summed E-state index contributed by atoms with van der Waals surface area (Å²) in [6.07, 6.45) is 4.25. The fraction of sp³-hybridized carbons (Fsp3) is 0.250. The highest BCUT2D eigenvalue weighted by Gasteiger charge is 2.21. The molecule has 0 bridgehead atoms. The summed E-state index contributed by atoms with van der Waals surface area (Å²) < 4.78 is 19.9. The molecule has 36 heavy (non-hydrogen) atoms. The zero-order chi connectivity index (χ0) is 24.9. The van der Waals surface area contributed by atoms with E-state index >= 15 is 0 Å². The van der Waals surface area contributed by atoms with Gasteiger partial charge in [0.15, 0.2) is 0 Å². The lowest BCUT2D eigenvalue weighted by atomic mass is 10.1. The number of rotatable bonds is 8. The number of hydrogen-bond acceptors (Lipinski definition) is 7. The smallest absolute Gasteiger partial charge is 0.339 e. The number of nitrogens with one attached hydrogen (secondary N) is 2. The van der Waals surface area contributed by atoms with E-state index in [-0.39, 0.29) is 52.0 Å². The first kappa shape index (κ1) is 27.1. The molecule has 9 nitrogen and oxygen atoms in total. The molecule has 3 aromatic rings. The highest BCUT2D eigenvalue weighted by atomic mass is 35.5. The molecule has 1 saturated heterocycles. The average molecular weight is 537 g/mol. The van der Waals surface area contributed by atoms with Crippen molar-refractivity contribution in [3.63, 3.8) is 0 Å². The molecule has 4 N–H and O–H groups in total. The van der Waals surface area contributed by atoms with Crippen LogP contribution in [-0.2, 0) is 11.2 Å². The minimum atomic E-state index is -1.29. The first-order chi connectivity index (χ1) is 16.8. The second-order valence-electron chi connectivity index (χ2n) is 7.94. The number of anilines is 3. The molecule has 0 aliphatic carbocycles. The van der Waals surface area contributed by atoms with E-state index in [2.05, 4.69) is 20.6 Å². The zero-order valence-corrected chi connectivity index (χ0v) is 20.4. The van der Waals surface area contributed by atoms with E-state index in [1.807, 2.05) is 0 Å². The Hall–Kier alpha value is -3.47. The number of hydrogen-bond donors (Lipinski definition) is 4. The van der Waals surface area contributed by atoms with Gasteiger partial charge in [0.2, 0.25) is 5.95 Å². The molecule has 0 saturated carbocycles. The molecule has 0 spiro atoms. The van der Waals surface area contributed by atoms with Gasteiger partial charge in [-0.25, -0.2) is 19.2 Å². The van der Waals surface area contributed by atoms with Gasteiger partial charge in [0.1, 0.15) is 17.1 Å². The first-order valence-electron chi connectivity index (χ1n) is 10.9. The fourth-order valence-electron chi connectivity index (χ4n) is 3.74. The predicted octanol–water partition coefficient (Wildman–Crippen LogP) is 5.20. The average Bonchev–Trinajstić information content (AvgIpc) is 3.35. The number of carboxylic acid groups (broad SMARTS) is 1. The van der Waals surface area contributed by atoms with Crippen LogP contribution in [0, 0.1) is 5.82 Å². The van der Waals surface area contributed by atoms with Gasteiger partial charge in [-0.05, 0) is 56.0 Å². The number of benzene rings is 2. The number of carboxylic acids is 1. The number of aromatic nitrogens is 2. The molecule has 1 atom stereocenters. The van der Waals surface area contributed by atoms with Crippen LogP contribution in [0.3, 0.4) is 0 Å². The summed E-state index contributed by atoms with van der Waals surface area (Å²) in [6.45, 7) is 0.688. The topological polar surface area (TPSA) is 134 Å². The summed E-state index contributed by atoms with van der Waals surface area (Å²) in [5.41, 5.74) is 0.453. The number of amides is 1. The van der Waals surface area contributed by atoms with Gasteiger partial charge in [0.05, 0.1) is 28.1 Å². The van der Waals surface area contributed by atoms with Crippen LogP contribution in [0.4, 0.5) is 21.7 Å². The lowest BCUT2D eigenvalue weighted by Gasteiger charge is -2.14. The third-order valence-electron chi connectivity index (χ3n) is 5.52. The van der Waals surface area contributed by atoms with Gasteiger partial charge in [-0.1, -0.05) is 17.7 Å². The number of ether oxygens (including phenoxy) is 1. The molecule has 12 heteroatoms. The Morgan fingerprint density at radius 1 is 1.22 bits per heavy atom. The van der Waals surface area contributed by atoms with Gasteiger partial charge >= 0.3 is 5.97 Å². The second kappa shape index (κ2) is 12.0. The molecule has 1 aromatic heterocycles. The van der Waals surface area contributed by atoms with E-state index in [1.165, 1.54) is 42.6 Å². The zero-order valence-electron chi connectivity index (χ0n) is 18.8. The maximum atomic E-state index is 14.2. The number of carbonyl (C=O) groups is 2. The maximum absolute atomic E-state index is 14.2. The molecule has 0 radical (unpaired) electrons. The largest absolute Gasteiger partial charge is 0.507 e. The maximum Gasteiger partial charge on any atom is 0.339 e. The number of aryl methyl sites for hydroxylation is 1. The first-order valence-corrected chi connectivity index (χ1v) is 11.3. The van der Waals surface area contributed by atoms with Crippen LogP contribution in [0.5, 0.6) is 5.75 Å². The van der Waals surface area contributed by atoms with Crippen molar-refractivity contribution in [2.75, 3.05) is 17.2 Å². The monoisotopic (exact) mass is 536 g/mol. The van der Waals surface area contributed by atoms with Crippen molar-refractivity contribution in [1.29, 1.82) is 0 Å². The third kappa shape index (κ3) is 6.39. The summed E-state index contributed by atoms with van der Waals surface area (Å²) in [4.78, 5) is 32.9. The molecule has 2 heterocycles. The standard InChI is InChI=1S/C24H22ClFN4O5.ClH/c25-17-4-1-5-18(26)21(17)30-22(32)16-12-27-24(29-19(16)8-7-14-3-2-10-35-14)28-13-6-9-20(31)15(11-13)23(33)34;/h1,4-6,9,11-12,14,31H,2-3,7-8,10H2,(H,30,32)(H,33,34)(H,27,28,29);1H. The summed E-state index contributed by atoms with van der Waals surface area (Å²) in [7, 11) is 0. The van der Waals surface area contributed by atoms with Crippen LogP contribution >= 0.6 is 24.0 Å². The van der Waals surface area contributed by atoms with Crippen LogP contribution in [0.2, 0.25) is 5.02 Å². The number of aromatic hydroxyl groups is 1. The number of para-hydroxylation sites is 1. The Bertz CT molecular complexity index is 1250. The van der Waals surface area contributed by atoms with E-state index in [0.717, 1.165) is 12.8 Å². The number of halogens is 3. The summed E-state index contributed by atoms with van der Waals surface area (Å²) in [5.74, 6) is -2.84. The van der Waals surface area contributed by atoms with Crippen molar-refractivity contribution in [2.45, 2.75) is 31.8 Å². The highest BCUT2D eigenvalue weighted by molar-refractivity contribution is 6.34. The number of nitrogens with zero attached hydrogens (tertiary/aromatic N) is 2. The SMILES string of the molecule is Cl.O=C(O)c1cc(Nc2ncc(C(=O)Nc3c(F)cccc3Cl)c(CCC3CCCO3)n2)ccc1O. The summed E-state index contributed by atoms with van der Waals surface area (Å²) >= 11 is 6.04. The number of phenols is 1. The van der Waals surface area contributed by atoms with Crippen LogP contribution in [-0.4, -0.2) is 44.8 Å². The van der Waals surface area contributed by atoms with E-state index in [9.17, 15) is 24.2 Å². The lowest BCUT2D eigenvalue weighted by molar-refractivity contribution is 0.0693. The number of aromatic carboxylic acids is 1. The van der Waals surface area contributed by atoms with Crippen LogP contribution in [0.1, 0.15) is 45.7 Å². The van der Waals surface area contributed by atoms with Crippen molar-refractivity contribution in [1.82, 2.24) is 9.97 Å². The highest BCUT2D eigenvalue weighted by Crippen LogP contribution is 2.27. The normalized spacial score (nSPS) is 14.7. The van der Waals surface area contributed by atoms with E-state index in [1.54, 1.807) is 0 Å². The van der Waals surface area contributed by atoms with Crippen LogP contribution in [0.25, 0.3) is 0 Å². The van der Waals surface area contributed by atoms with E-state index < -0.39 is 17.7 Å². The van der Waals surface area contributed by atoms with E-state index in [4.69, 9.17) is 16.3 Å². The molecule has 1 amide bonds. The lowest BCUT2D eigenvalue weighted by Crippen LogP contribution is -2.19. The van der Waals surface area contributed by atoms with Crippen molar-refractivity contribution >= 4 is 53.2 Å². The molecule has 1 unspecified atom stereocenters. The van der Waals surface area contributed by atoms with Crippen molar-refractivity contribution < 1.29 is 28.9 Å². The molecule has 1 fully saturated rings. The Morgan fingerprint density at radius 3 is 2.72 bits per heavy atom. The summed E-state index contributed by atoms with van der Waals surface area (Å²) in [5, 5.41) is 24.4. The number of carbonyl (C=O) groups excluding carboxylic acids is 1. The van der Waals surface area contributed by atoms with Crippen molar-refractivity contribution in [3.8, 4) is 5.75 Å². The summed E-state index contributed by atoms with van der Waals surface area (Å²) in [6, 6.07) is 8.04. The fourth-order valence-corrected chi connectivity index (χ4v) is 3.95. The quantitative estimate of drug-likeness (QED) is 0.288. The van der Waals surface area contributed by atoms with Gasteiger partial charge in [-0.2, -0.15) is 0 Å². The van der Waals surface area contributed by atoms with Crippen LogP contribution in [0.15, 0.2) is 42.6 Å². The molecule has 4 rings (SSSR count). The van der Waals surface area contributed by atoms with Gasteiger partial charge in [0, 0.05) is 18.5 Å². The van der Waals surface area contributed by atoms with Gasteiger partial charge in [-0.3, -0.25) is 4.79 Å². The Labute approximate surface area is 217 Å². The molecule has 190 valence electrons. The molecular formula is C24H23Cl2FN4O5. The Morgan fingerprint density at radius 2 is 2.03 bits per heavy atom.